The van der Waals surface area contributed by atoms with Crippen LogP contribution >= 0.6 is 9.47 Å². The van der Waals surface area contributed by atoms with Gasteiger partial charge in [-0.2, -0.15) is 0 Å². The zero-order valence-corrected chi connectivity index (χ0v) is 13.7. The molecule has 0 saturated carbocycles. The fraction of sp³-hybridized carbons (Fsp3) is 1.00. The second-order valence-electron chi connectivity index (χ2n) is 5.71. The van der Waals surface area contributed by atoms with E-state index in [0.29, 0.717) is 0 Å². The summed E-state index contributed by atoms with van der Waals surface area (Å²) in [5.41, 5.74) is 0. The number of aliphatic hydroxyl groups is 7. The first-order valence-electron chi connectivity index (χ1n) is 7.26. The van der Waals surface area contributed by atoms with Crippen LogP contribution in [0.2, 0.25) is 0 Å². The first-order valence-corrected chi connectivity index (χ1v) is 7.73. The summed E-state index contributed by atoms with van der Waals surface area (Å²) in [6.45, 7) is -1.74. The van der Waals surface area contributed by atoms with Gasteiger partial charge in [-0.25, -0.2) is 0 Å². The Labute approximate surface area is 139 Å². The lowest BCUT2D eigenvalue weighted by atomic mass is 9.99. The minimum atomic E-state index is -2.19. The van der Waals surface area contributed by atoms with Gasteiger partial charge in [0.1, 0.15) is 49.3 Å². The van der Waals surface area contributed by atoms with Gasteiger partial charge >= 0.3 is 0 Å². The van der Waals surface area contributed by atoms with Crippen molar-refractivity contribution < 1.29 is 54.5 Å². The summed E-state index contributed by atoms with van der Waals surface area (Å²) in [6.07, 6.45) is -12.1. The first kappa shape index (κ1) is 20.3. The van der Waals surface area contributed by atoms with E-state index in [1.54, 1.807) is 0 Å². The Morgan fingerprint density at radius 2 is 1.58 bits per heavy atom. The standard InChI is InChI=1S/C12H23O11P/c13-1-4-7(16)10(19)12(3-14,22-4)23-11-9(18)8(17)6(15)5(21-11)2-20-24/h4-11,13-19H,1-3,24H2/t4-,5-,6-,7-,8+,9-,10+,11-,12+/m1/s1. The van der Waals surface area contributed by atoms with Crippen molar-refractivity contribution in [3.8, 4) is 0 Å². The number of hydrogen-bond donors (Lipinski definition) is 7. The summed E-state index contributed by atoms with van der Waals surface area (Å²) in [5, 5.41) is 68.3. The van der Waals surface area contributed by atoms with Crippen LogP contribution in [0.25, 0.3) is 0 Å². The summed E-state index contributed by atoms with van der Waals surface area (Å²) in [7, 11) is 1.93. The van der Waals surface area contributed by atoms with Gasteiger partial charge in [0.05, 0.1) is 13.2 Å². The summed E-state index contributed by atoms with van der Waals surface area (Å²) < 4.78 is 20.6. The molecule has 2 saturated heterocycles. The topological polar surface area (TPSA) is 179 Å². The van der Waals surface area contributed by atoms with Gasteiger partial charge in [0, 0.05) is 9.47 Å². The van der Waals surface area contributed by atoms with Gasteiger partial charge in [-0.3, -0.25) is 0 Å². The van der Waals surface area contributed by atoms with Crippen LogP contribution in [0.5, 0.6) is 0 Å². The van der Waals surface area contributed by atoms with Crippen LogP contribution in [0.1, 0.15) is 0 Å². The second kappa shape index (κ2) is 8.12. The van der Waals surface area contributed by atoms with E-state index in [4.69, 9.17) is 23.8 Å². The molecule has 2 rings (SSSR count). The summed E-state index contributed by atoms with van der Waals surface area (Å²) in [5.74, 6) is -2.19. The predicted molar refractivity (Wildman–Crippen MR) is 77.2 cm³/mol. The molecular formula is C12H23O11P. The van der Waals surface area contributed by atoms with Gasteiger partial charge in [-0.15, -0.1) is 0 Å². The van der Waals surface area contributed by atoms with Crippen molar-refractivity contribution in [1.82, 2.24) is 0 Å². The lowest BCUT2D eigenvalue weighted by molar-refractivity contribution is -0.383. The van der Waals surface area contributed by atoms with Crippen molar-refractivity contribution in [1.29, 1.82) is 0 Å². The normalized spacial score (nSPS) is 49.5. The molecule has 0 spiro atoms. The van der Waals surface area contributed by atoms with Gasteiger partial charge in [-0.1, -0.05) is 0 Å². The third-order valence-corrected chi connectivity index (χ3v) is 4.34. The van der Waals surface area contributed by atoms with Crippen LogP contribution in [0.15, 0.2) is 0 Å². The Bertz CT molecular complexity index is 414. The summed E-state index contributed by atoms with van der Waals surface area (Å²) >= 11 is 0. The molecule has 0 aromatic heterocycles. The fourth-order valence-corrected chi connectivity index (χ4v) is 2.90. The van der Waals surface area contributed by atoms with Crippen LogP contribution in [0.4, 0.5) is 0 Å². The summed E-state index contributed by atoms with van der Waals surface area (Å²) in [4.78, 5) is 0. The molecule has 7 N–H and O–H groups in total. The minimum Gasteiger partial charge on any atom is -0.394 e. The smallest absolute Gasteiger partial charge is 0.224 e. The van der Waals surface area contributed by atoms with Gasteiger partial charge in [0.2, 0.25) is 5.79 Å². The maximum Gasteiger partial charge on any atom is 0.224 e. The molecule has 0 aromatic rings. The Morgan fingerprint density at radius 3 is 2.08 bits per heavy atom. The monoisotopic (exact) mass is 374 g/mol. The summed E-state index contributed by atoms with van der Waals surface area (Å²) in [6, 6.07) is 0. The highest BCUT2D eigenvalue weighted by atomic mass is 31.0. The van der Waals surface area contributed by atoms with Crippen molar-refractivity contribution in [2.45, 2.75) is 54.8 Å². The van der Waals surface area contributed by atoms with Crippen molar-refractivity contribution in [3.63, 3.8) is 0 Å². The Morgan fingerprint density at radius 1 is 0.917 bits per heavy atom. The number of ether oxygens (including phenoxy) is 3. The average Bonchev–Trinajstić information content (AvgIpc) is 2.82. The molecule has 12 heteroatoms. The lowest BCUT2D eigenvalue weighted by Gasteiger charge is -2.43. The Kier molecular flexibility index (Phi) is 6.87. The number of rotatable bonds is 6. The fourth-order valence-electron chi connectivity index (χ4n) is 2.71. The SMILES string of the molecule is OC[C@H]1O[C@@](CO)(O[C@H]2O[C@H](COP)[C@@H](O)[C@H](O)[C@H]2O)[C@@H](O)[C@@H]1O. The third kappa shape index (κ3) is 3.58. The van der Waals surface area contributed by atoms with E-state index in [0.717, 1.165) is 0 Å². The molecule has 0 aliphatic carbocycles. The van der Waals surface area contributed by atoms with Gasteiger partial charge in [-0.05, 0) is 0 Å². The number of aliphatic hydroxyl groups excluding tert-OH is 7. The predicted octanol–water partition coefficient (Wildman–Crippen LogP) is -4.58. The minimum absolute atomic E-state index is 0.160. The van der Waals surface area contributed by atoms with E-state index < -0.39 is 68.0 Å². The third-order valence-electron chi connectivity index (χ3n) is 4.15. The van der Waals surface area contributed by atoms with E-state index in [9.17, 15) is 30.6 Å². The van der Waals surface area contributed by atoms with Gasteiger partial charge in [0.15, 0.2) is 6.29 Å². The van der Waals surface area contributed by atoms with Crippen LogP contribution in [0, 0.1) is 0 Å². The van der Waals surface area contributed by atoms with Crippen LogP contribution in [-0.4, -0.2) is 110 Å². The van der Waals surface area contributed by atoms with E-state index in [2.05, 4.69) is 0 Å². The maximum absolute atomic E-state index is 10.1. The van der Waals surface area contributed by atoms with E-state index >= 15 is 0 Å². The van der Waals surface area contributed by atoms with E-state index in [1.165, 1.54) is 0 Å². The quantitative estimate of drug-likeness (QED) is 0.223. The largest absolute Gasteiger partial charge is 0.394 e. The molecule has 0 amide bonds. The molecule has 0 radical (unpaired) electrons. The molecule has 11 nitrogen and oxygen atoms in total. The molecule has 2 fully saturated rings. The number of hydrogen-bond acceptors (Lipinski definition) is 11. The molecule has 2 heterocycles. The molecule has 1 unspecified atom stereocenters. The first-order chi connectivity index (χ1) is 11.3. The molecule has 142 valence electrons. The van der Waals surface area contributed by atoms with Gasteiger partial charge in [0.25, 0.3) is 0 Å². The molecule has 2 aliphatic rings. The van der Waals surface area contributed by atoms with Crippen molar-refractivity contribution in [2.75, 3.05) is 19.8 Å². The zero-order valence-electron chi connectivity index (χ0n) is 12.6. The van der Waals surface area contributed by atoms with Gasteiger partial charge < -0.3 is 54.5 Å². The van der Waals surface area contributed by atoms with Crippen LogP contribution in [-0.2, 0) is 18.7 Å². The van der Waals surface area contributed by atoms with Crippen LogP contribution < -0.4 is 0 Å². The Hall–Kier alpha value is -0.0100. The van der Waals surface area contributed by atoms with Crippen molar-refractivity contribution in [3.05, 3.63) is 0 Å². The lowest BCUT2D eigenvalue weighted by Crippen LogP contribution is -2.62. The zero-order chi connectivity index (χ0) is 18.1. The maximum atomic E-state index is 10.1. The van der Waals surface area contributed by atoms with E-state index in [1.807, 2.05) is 9.47 Å². The highest BCUT2D eigenvalue weighted by Crippen LogP contribution is 2.35. The molecule has 10 atom stereocenters. The highest BCUT2D eigenvalue weighted by molar-refractivity contribution is 7.09. The van der Waals surface area contributed by atoms with E-state index in [-0.39, 0.29) is 6.61 Å². The van der Waals surface area contributed by atoms with Crippen molar-refractivity contribution >= 4 is 9.47 Å². The highest BCUT2D eigenvalue weighted by Gasteiger charge is 2.58. The molecule has 0 aromatic carbocycles. The molecule has 2 aliphatic heterocycles. The molecular weight excluding hydrogens is 351 g/mol. The molecule has 24 heavy (non-hydrogen) atoms. The van der Waals surface area contributed by atoms with Crippen LogP contribution in [0.3, 0.4) is 0 Å². The molecule has 0 bridgehead atoms. The average molecular weight is 374 g/mol. The van der Waals surface area contributed by atoms with Crippen molar-refractivity contribution in [2.24, 2.45) is 0 Å². The second-order valence-corrected chi connectivity index (χ2v) is 6.04. The Balaban J connectivity index is 2.17.